The molecule has 0 aliphatic carbocycles. The molecule has 0 aromatic rings. The lowest BCUT2D eigenvalue weighted by Gasteiger charge is -2.31. The Hall–Kier alpha value is -2.12. The number of rotatable bonds is 4. The van der Waals surface area contributed by atoms with Gasteiger partial charge in [-0.05, 0) is 5.92 Å². The Balaban J connectivity index is 2.64. The van der Waals surface area contributed by atoms with Crippen LogP contribution in [0.1, 0.15) is 13.8 Å². The lowest BCUT2D eigenvalue weighted by molar-refractivity contribution is -0.144. The molecule has 0 bridgehead atoms. The SMILES string of the molecule is CC(C)C1C(=O)NC(=O)N(CCNC(=O)N(C)C)C1=O. The number of hydrogen-bond donors (Lipinski definition) is 2. The first-order chi connectivity index (χ1) is 9.25. The summed E-state index contributed by atoms with van der Waals surface area (Å²) in [5.41, 5.74) is 0. The maximum atomic E-state index is 12.1. The number of imide groups is 2. The molecule has 0 aromatic heterocycles. The molecule has 0 radical (unpaired) electrons. The lowest BCUT2D eigenvalue weighted by atomic mass is 9.92. The minimum absolute atomic E-state index is 0.0285. The van der Waals surface area contributed by atoms with E-state index in [0.29, 0.717) is 0 Å². The smallest absolute Gasteiger partial charge is 0.330 e. The van der Waals surface area contributed by atoms with Crippen molar-refractivity contribution in [2.24, 2.45) is 11.8 Å². The van der Waals surface area contributed by atoms with E-state index in [2.05, 4.69) is 10.6 Å². The summed E-state index contributed by atoms with van der Waals surface area (Å²) in [7, 11) is 3.17. The number of nitrogens with zero attached hydrogens (tertiary/aromatic N) is 2. The molecule has 1 heterocycles. The molecule has 20 heavy (non-hydrogen) atoms. The maximum Gasteiger partial charge on any atom is 0.330 e. The Morgan fingerprint density at radius 2 is 1.95 bits per heavy atom. The van der Waals surface area contributed by atoms with Gasteiger partial charge in [-0.25, -0.2) is 9.59 Å². The van der Waals surface area contributed by atoms with E-state index in [0.717, 1.165) is 4.90 Å². The summed E-state index contributed by atoms with van der Waals surface area (Å²) in [6.45, 7) is 3.64. The van der Waals surface area contributed by atoms with E-state index in [9.17, 15) is 19.2 Å². The number of amides is 6. The van der Waals surface area contributed by atoms with Gasteiger partial charge in [0.05, 0.1) is 0 Å². The van der Waals surface area contributed by atoms with Gasteiger partial charge in [-0.3, -0.25) is 19.8 Å². The van der Waals surface area contributed by atoms with Gasteiger partial charge in [0.2, 0.25) is 11.8 Å². The van der Waals surface area contributed by atoms with Gasteiger partial charge in [-0.15, -0.1) is 0 Å². The standard InChI is InChI=1S/C12H20N4O4/c1-7(2)8-9(17)14-12(20)16(10(8)18)6-5-13-11(19)15(3)4/h7-8H,5-6H2,1-4H3,(H,13,19)(H,14,17,20). The number of nitrogens with one attached hydrogen (secondary N) is 2. The quantitative estimate of drug-likeness (QED) is 0.687. The molecule has 1 fully saturated rings. The van der Waals surface area contributed by atoms with E-state index in [-0.39, 0.29) is 25.0 Å². The first-order valence-electron chi connectivity index (χ1n) is 6.37. The number of carbonyl (C=O) groups excluding carboxylic acids is 4. The molecule has 1 saturated heterocycles. The first-order valence-corrected chi connectivity index (χ1v) is 6.37. The molecule has 1 aliphatic heterocycles. The van der Waals surface area contributed by atoms with Crippen LogP contribution in [0.5, 0.6) is 0 Å². The van der Waals surface area contributed by atoms with Crippen LogP contribution in [0, 0.1) is 11.8 Å². The zero-order valence-electron chi connectivity index (χ0n) is 12.1. The Morgan fingerprint density at radius 3 is 2.45 bits per heavy atom. The number of hydrogen-bond acceptors (Lipinski definition) is 4. The van der Waals surface area contributed by atoms with Gasteiger partial charge >= 0.3 is 12.1 Å². The van der Waals surface area contributed by atoms with Gasteiger partial charge in [-0.2, -0.15) is 0 Å². The summed E-state index contributed by atoms with van der Waals surface area (Å²) in [6, 6.07) is -1.05. The highest BCUT2D eigenvalue weighted by Gasteiger charge is 2.41. The monoisotopic (exact) mass is 284 g/mol. The lowest BCUT2D eigenvalue weighted by Crippen LogP contribution is -2.60. The largest absolute Gasteiger partial charge is 0.336 e. The van der Waals surface area contributed by atoms with Crippen molar-refractivity contribution >= 4 is 23.9 Å². The van der Waals surface area contributed by atoms with E-state index >= 15 is 0 Å². The Kier molecular flexibility index (Phi) is 5.06. The van der Waals surface area contributed by atoms with Crippen LogP contribution in [0.3, 0.4) is 0 Å². The first kappa shape index (κ1) is 15.9. The van der Waals surface area contributed by atoms with Gasteiger partial charge in [0.25, 0.3) is 0 Å². The highest BCUT2D eigenvalue weighted by atomic mass is 16.2. The van der Waals surface area contributed by atoms with Crippen molar-refractivity contribution in [2.75, 3.05) is 27.2 Å². The minimum Gasteiger partial charge on any atom is -0.336 e. The average Bonchev–Trinajstić information content (AvgIpc) is 2.31. The fraction of sp³-hybridized carbons (Fsp3) is 0.667. The van der Waals surface area contributed by atoms with E-state index < -0.39 is 23.8 Å². The Labute approximate surface area is 117 Å². The third-order valence-electron chi connectivity index (χ3n) is 2.97. The molecule has 0 saturated carbocycles. The van der Waals surface area contributed by atoms with Crippen LogP contribution >= 0.6 is 0 Å². The summed E-state index contributed by atoms with van der Waals surface area (Å²) in [5, 5.41) is 4.71. The van der Waals surface area contributed by atoms with Crippen LogP contribution in [0.25, 0.3) is 0 Å². The second-order valence-corrected chi connectivity index (χ2v) is 5.13. The van der Waals surface area contributed by atoms with Gasteiger partial charge < -0.3 is 10.2 Å². The molecule has 1 rings (SSSR count). The molecule has 8 heteroatoms. The molecule has 6 amide bonds. The molecule has 8 nitrogen and oxygen atoms in total. The van der Waals surface area contributed by atoms with E-state index in [4.69, 9.17) is 0 Å². The maximum absolute atomic E-state index is 12.1. The average molecular weight is 284 g/mol. The van der Waals surface area contributed by atoms with Crippen LogP contribution in [-0.4, -0.2) is 60.9 Å². The molecular formula is C12H20N4O4. The van der Waals surface area contributed by atoms with Crippen LogP contribution in [0.15, 0.2) is 0 Å². The second kappa shape index (κ2) is 6.36. The summed E-state index contributed by atoms with van der Waals surface area (Å²) >= 11 is 0. The zero-order valence-corrected chi connectivity index (χ0v) is 12.1. The minimum atomic E-state index is -0.864. The molecule has 1 unspecified atom stereocenters. The van der Waals surface area contributed by atoms with Crippen molar-refractivity contribution in [3.63, 3.8) is 0 Å². The van der Waals surface area contributed by atoms with Crippen molar-refractivity contribution in [3.8, 4) is 0 Å². The highest BCUT2D eigenvalue weighted by Crippen LogP contribution is 2.18. The molecule has 2 N–H and O–H groups in total. The fourth-order valence-corrected chi connectivity index (χ4v) is 1.86. The summed E-state index contributed by atoms with van der Waals surface area (Å²) in [4.78, 5) is 49.0. The van der Waals surface area contributed by atoms with Crippen molar-refractivity contribution in [1.82, 2.24) is 20.4 Å². The fourth-order valence-electron chi connectivity index (χ4n) is 1.86. The van der Waals surface area contributed by atoms with Crippen molar-refractivity contribution in [3.05, 3.63) is 0 Å². The third-order valence-corrected chi connectivity index (χ3v) is 2.97. The van der Waals surface area contributed by atoms with Crippen LogP contribution in [-0.2, 0) is 9.59 Å². The summed E-state index contributed by atoms with van der Waals surface area (Å²) < 4.78 is 0. The van der Waals surface area contributed by atoms with Crippen LogP contribution < -0.4 is 10.6 Å². The van der Waals surface area contributed by atoms with Crippen molar-refractivity contribution in [1.29, 1.82) is 0 Å². The number of carbonyl (C=O) groups is 4. The van der Waals surface area contributed by atoms with Gasteiger partial charge in [0.1, 0.15) is 5.92 Å². The molecule has 112 valence electrons. The molecule has 1 atom stereocenters. The number of urea groups is 2. The third kappa shape index (κ3) is 3.46. The zero-order chi connectivity index (χ0) is 15.4. The van der Waals surface area contributed by atoms with Crippen molar-refractivity contribution < 1.29 is 19.2 Å². The van der Waals surface area contributed by atoms with E-state index in [1.165, 1.54) is 4.90 Å². The van der Waals surface area contributed by atoms with Crippen LogP contribution in [0.4, 0.5) is 9.59 Å². The van der Waals surface area contributed by atoms with Gasteiger partial charge in [0.15, 0.2) is 0 Å². The molecular weight excluding hydrogens is 264 g/mol. The Bertz CT molecular complexity index is 433. The topological polar surface area (TPSA) is 98.8 Å². The molecule has 0 spiro atoms. The predicted octanol–water partition coefficient (Wildman–Crippen LogP) is -0.392. The Morgan fingerprint density at radius 1 is 1.35 bits per heavy atom. The van der Waals surface area contributed by atoms with Gasteiger partial charge in [-0.1, -0.05) is 13.8 Å². The summed E-state index contributed by atoms with van der Waals surface area (Å²) in [5.74, 6) is -2.15. The van der Waals surface area contributed by atoms with Crippen molar-refractivity contribution in [2.45, 2.75) is 13.8 Å². The summed E-state index contributed by atoms with van der Waals surface area (Å²) in [6.07, 6.45) is 0. The molecule has 0 aromatic carbocycles. The second-order valence-electron chi connectivity index (χ2n) is 5.13. The van der Waals surface area contributed by atoms with E-state index in [1.807, 2.05) is 0 Å². The van der Waals surface area contributed by atoms with Crippen LogP contribution in [0.2, 0.25) is 0 Å². The van der Waals surface area contributed by atoms with E-state index in [1.54, 1.807) is 27.9 Å². The van der Waals surface area contributed by atoms with Gasteiger partial charge in [0, 0.05) is 27.2 Å². The normalized spacial score (nSPS) is 19.1. The predicted molar refractivity (Wildman–Crippen MR) is 70.7 cm³/mol. The number of barbiturate groups is 1. The highest BCUT2D eigenvalue weighted by molar-refractivity contribution is 6.16. The molecule has 1 aliphatic rings.